The number of aromatic nitrogens is 2. The minimum absolute atomic E-state index is 0.0315. The van der Waals surface area contributed by atoms with Crippen LogP contribution >= 0.6 is 23.3 Å². The Labute approximate surface area is 85.0 Å². The highest BCUT2D eigenvalue weighted by atomic mass is 32.2. The zero-order valence-electron chi connectivity index (χ0n) is 6.93. The van der Waals surface area contributed by atoms with Crippen molar-refractivity contribution in [3.63, 3.8) is 0 Å². The molecule has 0 atom stereocenters. The molecule has 0 radical (unpaired) electrons. The first-order valence-electron chi connectivity index (χ1n) is 3.41. The zero-order valence-corrected chi connectivity index (χ0v) is 9.38. The van der Waals surface area contributed by atoms with Gasteiger partial charge < -0.3 is 0 Å². The monoisotopic (exact) mass is 239 g/mol. The molecule has 5 nitrogen and oxygen atoms in total. The fraction of sp³-hybridized carbons (Fsp3) is 0.600. The first-order valence-corrected chi connectivity index (χ1v) is 6.88. The lowest BCUT2D eigenvalue weighted by Crippen LogP contribution is -2.17. The smallest absolute Gasteiger partial charge is 0.209 e. The average Bonchev–Trinajstić information content (AvgIpc) is 2.33. The molecule has 0 saturated carbocycles. The summed E-state index contributed by atoms with van der Waals surface area (Å²) in [5.41, 5.74) is 0. The largest absolute Gasteiger partial charge is 0.229 e. The average molecular weight is 239 g/mol. The third kappa shape index (κ3) is 4.55. The van der Waals surface area contributed by atoms with E-state index in [4.69, 9.17) is 5.14 Å². The standard InChI is InChI=1S/C5H9N3O2S3/c1-4-7-5(12-8-4)11-2-3-13(6,9)10/h2-3H2,1H3,(H2,6,9,10). The first kappa shape index (κ1) is 10.9. The molecule has 1 rings (SSSR count). The highest BCUT2D eigenvalue weighted by Gasteiger charge is 2.05. The van der Waals surface area contributed by atoms with Crippen LogP contribution in [0.3, 0.4) is 0 Å². The van der Waals surface area contributed by atoms with Gasteiger partial charge in [-0.2, -0.15) is 4.37 Å². The van der Waals surface area contributed by atoms with Gasteiger partial charge in [-0.1, -0.05) is 11.8 Å². The number of nitrogens with zero attached hydrogens (tertiary/aromatic N) is 2. The number of rotatable bonds is 4. The van der Waals surface area contributed by atoms with E-state index in [2.05, 4.69) is 9.36 Å². The Morgan fingerprint density at radius 1 is 1.62 bits per heavy atom. The molecule has 74 valence electrons. The summed E-state index contributed by atoms with van der Waals surface area (Å²) in [5.74, 6) is 1.10. The van der Waals surface area contributed by atoms with Crippen molar-refractivity contribution in [3.8, 4) is 0 Å². The van der Waals surface area contributed by atoms with Gasteiger partial charge in [0.05, 0.1) is 5.75 Å². The van der Waals surface area contributed by atoms with Crippen molar-refractivity contribution < 1.29 is 8.42 Å². The number of nitrogens with two attached hydrogens (primary N) is 1. The van der Waals surface area contributed by atoms with E-state index in [0.29, 0.717) is 11.6 Å². The van der Waals surface area contributed by atoms with Gasteiger partial charge in [0.1, 0.15) is 5.82 Å². The summed E-state index contributed by atoms with van der Waals surface area (Å²) in [4.78, 5) is 4.06. The van der Waals surface area contributed by atoms with Crippen molar-refractivity contribution in [2.24, 2.45) is 5.14 Å². The minimum atomic E-state index is -3.35. The molecule has 0 bridgehead atoms. The van der Waals surface area contributed by atoms with E-state index < -0.39 is 10.0 Å². The lowest BCUT2D eigenvalue weighted by molar-refractivity contribution is 0.599. The van der Waals surface area contributed by atoms with Gasteiger partial charge in [0.25, 0.3) is 0 Å². The van der Waals surface area contributed by atoms with Gasteiger partial charge in [-0.25, -0.2) is 18.5 Å². The highest BCUT2D eigenvalue weighted by molar-refractivity contribution is 8.01. The molecule has 8 heteroatoms. The topological polar surface area (TPSA) is 85.9 Å². The Balaban J connectivity index is 2.36. The fourth-order valence-electron chi connectivity index (χ4n) is 0.582. The Kier molecular flexibility index (Phi) is 3.65. The van der Waals surface area contributed by atoms with Crippen molar-refractivity contribution in [3.05, 3.63) is 5.82 Å². The van der Waals surface area contributed by atoms with Crippen molar-refractivity contribution >= 4 is 33.3 Å². The molecule has 13 heavy (non-hydrogen) atoms. The summed E-state index contributed by atoms with van der Waals surface area (Å²) in [7, 11) is -3.35. The maximum atomic E-state index is 10.6. The van der Waals surface area contributed by atoms with Crippen molar-refractivity contribution in [2.45, 2.75) is 11.3 Å². The van der Waals surface area contributed by atoms with Crippen molar-refractivity contribution in [1.82, 2.24) is 9.36 Å². The molecule has 0 amide bonds. The summed E-state index contributed by atoms with van der Waals surface area (Å²) in [6, 6.07) is 0. The second kappa shape index (κ2) is 4.36. The van der Waals surface area contributed by atoms with E-state index in [0.717, 1.165) is 4.34 Å². The molecule has 0 fully saturated rings. The minimum Gasteiger partial charge on any atom is -0.229 e. The molecule has 0 aliphatic heterocycles. The van der Waals surface area contributed by atoms with Gasteiger partial charge in [-0.15, -0.1) is 0 Å². The Bertz CT molecular complexity index is 372. The zero-order chi connectivity index (χ0) is 9.90. The van der Waals surface area contributed by atoms with Crippen LogP contribution in [0.1, 0.15) is 5.82 Å². The molecule has 1 heterocycles. The lowest BCUT2D eigenvalue weighted by atomic mass is 10.8. The molecule has 0 unspecified atom stereocenters. The summed E-state index contributed by atoms with van der Waals surface area (Å²) < 4.78 is 25.9. The molecule has 0 aliphatic rings. The highest BCUT2D eigenvalue weighted by Crippen LogP contribution is 2.19. The van der Waals surface area contributed by atoms with Crippen LogP contribution in [0.2, 0.25) is 0 Å². The van der Waals surface area contributed by atoms with Crippen LogP contribution in [-0.2, 0) is 10.0 Å². The van der Waals surface area contributed by atoms with E-state index >= 15 is 0 Å². The predicted octanol–water partition coefficient (Wildman–Crippen LogP) is 0.227. The van der Waals surface area contributed by atoms with E-state index in [-0.39, 0.29) is 5.75 Å². The molecular formula is C5H9N3O2S3. The predicted molar refractivity (Wildman–Crippen MR) is 53.3 cm³/mol. The first-order chi connectivity index (χ1) is 5.97. The maximum Gasteiger partial charge on any atom is 0.209 e. The fourth-order valence-corrected chi connectivity index (χ4v) is 3.21. The van der Waals surface area contributed by atoms with Crippen LogP contribution in [0, 0.1) is 6.92 Å². The van der Waals surface area contributed by atoms with Crippen LogP contribution in [0.25, 0.3) is 0 Å². The van der Waals surface area contributed by atoms with Crippen LogP contribution in [0.5, 0.6) is 0 Å². The van der Waals surface area contributed by atoms with Crippen molar-refractivity contribution in [1.29, 1.82) is 0 Å². The molecule has 0 spiro atoms. The van der Waals surface area contributed by atoms with E-state index in [1.54, 1.807) is 6.92 Å². The molecular weight excluding hydrogens is 230 g/mol. The normalized spacial score (nSPS) is 11.8. The number of primary sulfonamides is 1. The lowest BCUT2D eigenvalue weighted by Gasteiger charge is -1.94. The summed E-state index contributed by atoms with van der Waals surface area (Å²) in [6.07, 6.45) is 0. The van der Waals surface area contributed by atoms with Gasteiger partial charge in [0.2, 0.25) is 10.0 Å². The van der Waals surface area contributed by atoms with Crippen LogP contribution < -0.4 is 5.14 Å². The third-order valence-corrected chi connectivity index (χ3v) is 4.06. The number of sulfonamides is 1. The summed E-state index contributed by atoms with van der Waals surface area (Å²) in [5, 5.41) is 4.83. The molecule has 0 saturated heterocycles. The number of thioether (sulfide) groups is 1. The van der Waals surface area contributed by atoms with E-state index in [9.17, 15) is 8.42 Å². The van der Waals surface area contributed by atoms with Crippen LogP contribution in [0.4, 0.5) is 0 Å². The molecule has 2 N–H and O–H groups in total. The molecule has 1 aromatic heterocycles. The molecule has 0 aliphatic carbocycles. The Hall–Kier alpha value is -0.180. The molecule has 0 aromatic carbocycles. The SMILES string of the molecule is Cc1nsc(SCCS(N)(=O)=O)n1. The van der Waals surface area contributed by atoms with Gasteiger partial charge >= 0.3 is 0 Å². The van der Waals surface area contributed by atoms with Crippen LogP contribution in [-0.4, -0.2) is 29.3 Å². The van der Waals surface area contributed by atoms with Gasteiger partial charge in [-0.05, 0) is 18.5 Å². The number of hydrogen-bond acceptors (Lipinski definition) is 6. The second-order valence-electron chi connectivity index (χ2n) is 2.32. The molecule has 1 aromatic rings. The third-order valence-electron chi connectivity index (χ3n) is 1.10. The summed E-state index contributed by atoms with van der Waals surface area (Å²) in [6.45, 7) is 1.79. The Morgan fingerprint density at radius 2 is 2.31 bits per heavy atom. The second-order valence-corrected chi connectivity index (χ2v) is 6.15. The maximum absolute atomic E-state index is 10.6. The van der Waals surface area contributed by atoms with E-state index in [1.165, 1.54) is 23.3 Å². The van der Waals surface area contributed by atoms with Gasteiger partial charge in [0, 0.05) is 5.75 Å². The van der Waals surface area contributed by atoms with E-state index in [1.807, 2.05) is 0 Å². The number of hydrogen-bond donors (Lipinski definition) is 1. The number of aryl methyl sites for hydroxylation is 1. The van der Waals surface area contributed by atoms with Crippen LogP contribution in [0.15, 0.2) is 4.34 Å². The quantitative estimate of drug-likeness (QED) is 0.760. The van der Waals surface area contributed by atoms with Crippen molar-refractivity contribution in [2.75, 3.05) is 11.5 Å². The Morgan fingerprint density at radius 3 is 2.77 bits per heavy atom. The van der Waals surface area contributed by atoms with Gasteiger partial charge in [0.15, 0.2) is 4.34 Å². The van der Waals surface area contributed by atoms with Gasteiger partial charge in [-0.3, -0.25) is 0 Å². The summed E-state index contributed by atoms with van der Waals surface area (Å²) >= 11 is 2.62.